The van der Waals surface area contributed by atoms with E-state index in [1.165, 1.54) is 0 Å². The van der Waals surface area contributed by atoms with Gasteiger partial charge in [-0.1, -0.05) is 30.3 Å². The summed E-state index contributed by atoms with van der Waals surface area (Å²) in [5.41, 5.74) is 1.14. The molecular weight excluding hydrogens is 216 g/mol. The molecule has 1 aromatic carbocycles. The third kappa shape index (κ3) is 3.95. The van der Waals surface area contributed by atoms with Crippen LogP contribution in [0.3, 0.4) is 0 Å². The number of ketones is 1. The highest BCUT2D eigenvalue weighted by atomic mass is 16.5. The van der Waals surface area contributed by atoms with E-state index in [1.54, 1.807) is 0 Å². The molecule has 0 N–H and O–H groups in total. The molecule has 92 valence electrons. The standard InChI is InChI=1S/C14H18O3/c1-11-7-13(15)8-14(17-11)10-16-9-12-5-3-2-4-6-12/h2-6,11,14H,7-10H2,1H3. The Labute approximate surface area is 102 Å². The van der Waals surface area contributed by atoms with E-state index in [0.29, 0.717) is 26.1 Å². The molecule has 0 spiro atoms. The predicted molar refractivity (Wildman–Crippen MR) is 64.7 cm³/mol. The van der Waals surface area contributed by atoms with Gasteiger partial charge in [-0.25, -0.2) is 0 Å². The second-order valence-electron chi connectivity index (χ2n) is 4.52. The molecule has 3 heteroatoms. The van der Waals surface area contributed by atoms with Crippen LogP contribution in [0, 0.1) is 0 Å². The van der Waals surface area contributed by atoms with Crippen molar-refractivity contribution in [2.24, 2.45) is 0 Å². The summed E-state index contributed by atoms with van der Waals surface area (Å²) in [6.45, 7) is 3.00. The number of carbonyl (C=O) groups excluding carboxylic acids is 1. The van der Waals surface area contributed by atoms with E-state index in [4.69, 9.17) is 9.47 Å². The molecule has 0 bridgehead atoms. The molecule has 0 amide bonds. The first-order valence-electron chi connectivity index (χ1n) is 6.03. The minimum atomic E-state index is -0.0741. The summed E-state index contributed by atoms with van der Waals surface area (Å²) < 4.78 is 11.2. The summed E-state index contributed by atoms with van der Waals surface area (Å²) in [6.07, 6.45) is 0.977. The van der Waals surface area contributed by atoms with Gasteiger partial charge in [0.1, 0.15) is 5.78 Å². The van der Waals surface area contributed by atoms with Gasteiger partial charge in [0.25, 0.3) is 0 Å². The van der Waals surface area contributed by atoms with Gasteiger partial charge in [0.2, 0.25) is 0 Å². The first-order chi connectivity index (χ1) is 8.24. The van der Waals surface area contributed by atoms with E-state index < -0.39 is 0 Å². The van der Waals surface area contributed by atoms with Crippen LogP contribution < -0.4 is 0 Å². The number of ether oxygens (including phenoxy) is 2. The van der Waals surface area contributed by atoms with Gasteiger partial charge in [-0.2, -0.15) is 0 Å². The van der Waals surface area contributed by atoms with Crippen LogP contribution in [-0.2, 0) is 20.9 Å². The molecule has 2 atom stereocenters. The lowest BCUT2D eigenvalue weighted by Gasteiger charge is -2.26. The molecule has 1 saturated heterocycles. The second kappa shape index (κ2) is 5.94. The molecule has 0 aromatic heterocycles. The van der Waals surface area contributed by atoms with Crippen LogP contribution in [0.25, 0.3) is 0 Å². The minimum Gasteiger partial charge on any atom is -0.374 e. The molecule has 1 aliphatic rings. The number of hydrogen-bond acceptors (Lipinski definition) is 3. The fourth-order valence-electron chi connectivity index (χ4n) is 2.06. The number of Topliss-reactive ketones (excluding diaryl/α,β-unsaturated/α-hetero) is 1. The van der Waals surface area contributed by atoms with Gasteiger partial charge in [-0.15, -0.1) is 0 Å². The van der Waals surface area contributed by atoms with Crippen molar-refractivity contribution < 1.29 is 14.3 Å². The van der Waals surface area contributed by atoms with Crippen molar-refractivity contribution in [3.05, 3.63) is 35.9 Å². The Morgan fingerprint density at radius 2 is 2.06 bits per heavy atom. The molecule has 1 fully saturated rings. The Kier molecular flexibility index (Phi) is 4.29. The third-order valence-electron chi connectivity index (χ3n) is 2.81. The summed E-state index contributed by atoms with van der Waals surface area (Å²) in [6, 6.07) is 10.0. The van der Waals surface area contributed by atoms with E-state index >= 15 is 0 Å². The lowest BCUT2D eigenvalue weighted by atomic mass is 10.0. The Morgan fingerprint density at radius 3 is 2.76 bits per heavy atom. The van der Waals surface area contributed by atoms with Crippen LogP contribution in [-0.4, -0.2) is 24.6 Å². The average Bonchev–Trinajstić information content (AvgIpc) is 2.29. The van der Waals surface area contributed by atoms with Crippen molar-refractivity contribution in [2.45, 2.75) is 38.6 Å². The van der Waals surface area contributed by atoms with Gasteiger partial charge in [0.15, 0.2) is 0 Å². The molecule has 1 aliphatic heterocycles. The summed E-state index contributed by atoms with van der Waals surface area (Å²) in [5.74, 6) is 0.275. The summed E-state index contributed by atoms with van der Waals surface area (Å²) >= 11 is 0. The number of benzene rings is 1. The Bertz CT molecular complexity index is 361. The van der Waals surface area contributed by atoms with Gasteiger partial charge < -0.3 is 9.47 Å². The number of rotatable bonds is 4. The Hall–Kier alpha value is -1.19. The monoisotopic (exact) mass is 234 g/mol. The fourth-order valence-corrected chi connectivity index (χ4v) is 2.06. The van der Waals surface area contributed by atoms with Crippen molar-refractivity contribution >= 4 is 5.78 Å². The van der Waals surface area contributed by atoms with Gasteiger partial charge in [0, 0.05) is 12.8 Å². The van der Waals surface area contributed by atoms with Crippen molar-refractivity contribution in [3.8, 4) is 0 Å². The van der Waals surface area contributed by atoms with Gasteiger partial charge in [0.05, 0.1) is 25.4 Å². The molecule has 0 radical (unpaired) electrons. The highest BCUT2D eigenvalue weighted by molar-refractivity contribution is 5.80. The minimum absolute atomic E-state index is 0.0292. The summed E-state index contributed by atoms with van der Waals surface area (Å²) in [7, 11) is 0. The maximum Gasteiger partial charge on any atom is 0.138 e. The highest BCUT2D eigenvalue weighted by Crippen LogP contribution is 2.16. The molecule has 1 heterocycles. The maximum atomic E-state index is 11.4. The zero-order valence-corrected chi connectivity index (χ0v) is 10.1. The predicted octanol–water partition coefficient (Wildman–Crippen LogP) is 2.34. The molecular formula is C14H18O3. The third-order valence-corrected chi connectivity index (χ3v) is 2.81. The zero-order valence-electron chi connectivity index (χ0n) is 10.1. The smallest absolute Gasteiger partial charge is 0.138 e. The normalized spacial score (nSPS) is 24.9. The van der Waals surface area contributed by atoms with Crippen molar-refractivity contribution in [2.75, 3.05) is 6.61 Å². The summed E-state index contributed by atoms with van der Waals surface area (Å²) in [4.78, 5) is 11.4. The first-order valence-corrected chi connectivity index (χ1v) is 6.03. The molecule has 2 rings (SSSR count). The van der Waals surface area contributed by atoms with E-state index in [2.05, 4.69) is 0 Å². The van der Waals surface area contributed by atoms with E-state index in [-0.39, 0.29) is 18.0 Å². The quantitative estimate of drug-likeness (QED) is 0.802. The second-order valence-corrected chi connectivity index (χ2v) is 4.52. The molecule has 3 nitrogen and oxygen atoms in total. The van der Waals surface area contributed by atoms with Crippen molar-refractivity contribution in [3.63, 3.8) is 0 Å². The lowest BCUT2D eigenvalue weighted by Crippen LogP contribution is -2.34. The molecule has 2 unspecified atom stereocenters. The fraction of sp³-hybridized carbons (Fsp3) is 0.500. The molecule has 0 saturated carbocycles. The molecule has 1 aromatic rings. The molecule has 17 heavy (non-hydrogen) atoms. The zero-order chi connectivity index (χ0) is 12.1. The summed E-state index contributed by atoms with van der Waals surface area (Å²) in [5, 5.41) is 0. The maximum absolute atomic E-state index is 11.4. The lowest BCUT2D eigenvalue weighted by molar-refractivity contribution is -0.139. The SMILES string of the molecule is CC1CC(=O)CC(COCc2ccccc2)O1. The van der Waals surface area contributed by atoms with Crippen molar-refractivity contribution in [1.82, 2.24) is 0 Å². The number of hydrogen-bond donors (Lipinski definition) is 0. The van der Waals surface area contributed by atoms with Gasteiger partial charge >= 0.3 is 0 Å². The van der Waals surface area contributed by atoms with Gasteiger partial charge in [-0.3, -0.25) is 4.79 Å². The van der Waals surface area contributed by atoms with Crippen LogP contribution in [0.5, 0.6) is 0 Å². The van der Waals surface area contributed by atoms with Crippen LogP contribution in [0.15, 0.2) is 30.3 Å². The average molecular weight is 234 g/mol. The van der Waals surface area contributed by atoms with Crippen LogP contribution in [0.4, 0.5) is 0 Å². The highest BCUT2D eigenvalue weighted by Gasteiger charge is 2.24. The first kappa shape index (κ1) is 12.3. The van der Waals surface area contributed by atoms with Crippen LogP contribution in [0.1, 0.15) is 25.3 Å². The topological polar surface area (TPSA) is 35.5 Å². The Morgan fingerprint density at radius 1 is 1.29 bits per heavy atom. The van der Waals surface area contributed by atoms with E-state index in [9.17, 15) is 4.79 Å². The van der Waals surface area contributed by atoms with Gasteiger partial charge in [-0.05, 0) is 12.5 Å². The Balaban J connectivity index is 1.73. The van der Waals surface area contributed by atoms with Crippen molar-refractivity contribution in [1.29, 1.82) is 0 Å². The number of carbonyl (C=O) groups is 1. The van der Waals surface area contributed by atoms with E-state index in [0.717, 1.165) is 5.56 Å². The van der Waals surface area contributed by atoms with Crippen LogP contribution >= 0.6 is 0 Å². The van der Waals surface area contributed by atoms with E-state index in [1.807, 2.05) is 37.3 Å². The molecule has 0 aliphatic carbocycles. The largest absolute Gasteiger partial charge is 0.374 e. The van der Waals surface area contributed by atoms with Crippen LogP contribution in [0.2, 0.25) is 0 Å².